The van der Waals surface area contributed by atoms with Crippen molar-refractivity contribution < 1.29 is 9.59 Å². The second-order valence-corrected chi connectivity index (χ2v) is 7.46. The SMILES string of the molecule is O=C(CN1CCN(C(=O)CCCc2cccs2)CC1)NC1CC1. The topological polar surface area (TPSA) is 52.7 Å². The smallest absolute Gasteiger partial charge is 0.234 e. The summed E-state index contributed by atoms with van der Waals surface area (Å²) in [5.41, 5.74) is 0. The van der Waals surface area contributed by atoms with Gasteiger partial charge in [-0.25, -0.2) is 0 Å². The summed E-state index contributed by atoms with van der Waals surface area (Å²) in [7, 11) is 0. The van der Waals surface area contributed by atoms with E-state index in [1.807, 2.05) is 4.90 Å². The number of amides is 2. The molecule has 2 amide bonds. The lowest BCUT2D eigenvalue weighted by Gasteiger charge is -2.34. The van der Waals surface area contributed by atoms with Crippen LogP contribution in [0.3, 0.4) is 0 Å². The van der Waals surface area contributed by atoms with Crippen LogP contribution in [-0.4, -0.2) is 60.4 Å². The zero-order chi connectivity index (χ0) is 16.1. The molecule has 23 heavy (non-hydrogen) atoms. The van der Waals surface area contributed by atoms with Gasteiger partial charge in [0.25, 0.3) is 0 Å². The molecule has 0 atom stereocenters. The van der Waals surface area contributed by atoms with E-state index in [9.17, 15) is 9.59 Å². The van der Waals surface area contributed by atoms with Crippen molar-refractivity contribution in [3.63, 3.8) is 0 Å². The first kappa shape index (κ1) is 16.5. The summed E-state index contributed by atoms with van der Waals surface area (Å²) in [6, 6.07) is 4.61. The fourth-order valence-corrected chi connectivity index (χ4v) is 3.64. The first-order valence-electron chi connectivity index (χ1n) is 8.52. The number of piperazine rings is 1. The first-order chi connectivity index (χ1) is 11.2. The summed E-state index contributed by atoms with van der Waals surface area (Å²) in [6.45, 7) is 3.56. The molecule has 2 heterocycles. The molecule has 1 N–H and O–H groups in total. The predicted molar refractivity (Wildman–Crippen MR) is 91.4 cm³/mol. The predicted octanol–water partition coefficient (Wildman–Crippen LogP) is 1.49. The Kier molecular flexibility index (Phi) is 5.67. The van der Waals surface area contributed by atoms with Gasteiger partial charge in [-0.1, -0.05) is 6.07 Å². The Bertz CT molecular complexity index is 520. The first-order valence-corrected chi connectivity index (χ1v) is 9.40. The third-order valence-corrected chi connectivity index (χ3v) is 5.36. The molecule has 0 radical (unpaired) electrons. The van der Waals surface area contributed by atoms with Gasteiger partial charge in [-0.3, -0.25) is 14.5 Å². The van der Waals surface area contributed by atoms with E-state index in [1.165, 1.54) is 4.88 Å². The molecular weight excluding hydrogens is 310 g/mol. The average Bonchev–Trinajstić information content (AvgIpc) is 3.20. The van der Waals surface area contributed by atoms with Gasteiger partial charge in [-0.05, 0) is 37.1 Å². The van der Waals surface area contributed by atoms with Gasteiger partial charge in [0.2, 0.25) is 11.8 Å². The Morgan fingerprint density at radius 1 is 1.22 bits per heavy atom. The van der Waals surface area contributed by atoms with E-state index >= 15 is 0 Å². The van der Waals surface area contributed by atoms with Gasteiger partial charge in [0.15, 0.2) is 0 Å². The zero-order valence-electron chi connectivity index (χ0n) is 13.5. The van der Waals surface area contributed by atoms with Crippen LogP contribution in [0.5, 0.6) is 0 Å². The molecular formula is C17H25N3O2S. The van der Waals surface area contributed by atoms with Gasteiger partial charge >= 0.3 is 0 Å². The highest BCUT2D eigenvalue weighted by atomic mass is 32.1. The summed E-state index contributed by atoms with van der Waals surface area (Å²) in [5.74, 6) is 0.381. The number of thiophene rings is 1. The minimum Gasteiger partial charge on any atom is -0.352 e. The van der Waals surface area contributed by atoms with E-state index in [-0.39, 0.29) is 11.8 Å². The van der Waals surface area contributed by atoms with Gasteiger partial charge in [0.1, 0.15) is 0 Å². The Morgan fingerprint density at radius 2 is 2.00 bits per heavy atom. The van der Waals surface area contributed by atoms with E-state index in [1.54, 1.807) is 11.3 Å². The average molecular weight is 335 g/mol. The van der Waals surface area contributed by atoms with Crippen LogP contribution in [0, 0.1) is 0 Å². The second kappa shape index (κ2) is 7.93. The Balaban J connectivity index is 1.31. The third-order valence-electron chi connectivity index (χ3n) is 4.43. The van der Waals surface area contributed by atoms with Crippen molar-refractivity contribution >= 4 is 23.2 Å². The highest BCUT2D eigenvalue weighted by Crippen LogP contribution is 2.18. The van der Waals surface area contributed by atoms with Gasteiger partial charge in [-0.2, -0.15) is 0 Å². The summed E-state index contributed by atoms with van der Waals surface area (Å²) >= 11 is 1.76. The van der Waals surface area contributed by atoms with E-state index in [0.29, 0.717) is 19.0 Å². The normalized spacial score (nSPS) is 18.9. The summed E-state index contributed by atoms with van der Waals surface area (Å²) < 4.78 is 0. The lowest BCUT2D eigenvalue weighted by molar-refractivity contribution is -0.133. The molecule has 3 rings (SSSR count). The summed E-state index contributed by atoms with van der Waals surface area (Å²) in [5, 5.41) is 5.10. The van der Waals surface area contributed by atoms with Crippen molar-refractivity contribution in [2.45, 2.75) is 38.1 Å². The van der Waals surface area contributed by atoms with E-state index < -0.39 is 0 Å². The molecule has 126 valence electrons. The second-order valence-electron chi connectivity index (χ2n) is 6.43. The largest absolute Gasteiger partial charge is 0.352 e. The zero-order valence-corrected chi connectivity index (χ0v) is 14.3. The van der Waals surface area contributed by atoms with Crippen molar-refractivity contribution in [1.82, 2.24) is 15.1 Å². The maximum Gasteiger partial charge on any atom is 0.234 e. The standard InChI is InChI=1S/C17H25N3O2S/c21-16(18-14-6-7-14)13-19-8-10-20(11-9-19)17(22)5-1-3-15-4-2-12-23-15/h2,4,12,14H,1,3,5-11,13H2,(H,18,21). The number of rotatable bonds is 7. The molecule has 0 spiro atoms. The van der Waals surface area contributed by atoms with Crippen molar-refractivity contribution in [2.75, 3.05) is 32.7 Å². The van der Waals surface area contributed by atoms with Crippen molar-refractivity contribution in [3.05, 3.63) is 22.4 Å². The number of hydrogen-bond donors (Lipinski definition) is 1. The van der Waals surface area contributed by atoms with Crippen LogP contribution >= 0.6 is 11.3 Å². The molecule has 1 aromatic rings. The maximum absolute atomic E-state index is 12.2. The molecule has 0 unspecified atom stereocenters. The number of carbonyl (C=O) groups is 2. The molecule has 2 fully saturated rings. The van der Waals surface area contributed by atoms with Gasteiger partial charge in [-0.15, -0.1) is 11.3 Å². The van der Waals surface area contributed by atoms with Gasteiger partial charge in [0.05, 0.1) is 6.54 Å². The van der Waals surface area contributed by atoms with Gasteiger partial charge < -0.3 is 10.2 Å². The highest BCUT2D eigenvalue weighted by molar-refractivity contribution is 7.09. The van der Waals surface area contributed by atoms with E-state index in [0.717, 1.165) is 51.9 Å². The molecule has 1 aromatic heterocycles. The molecule has 1 aliphatic heterocycles. The Hall–Kier alpha value is -1.40. The number of carbonyl (C=O) groups excluding carboxylic acids is 2. The summed E-state index contributed by atoms with van der Waals surface area (Å²) in [4.78, 5) is 29.5. The molecule has 2 aliphatic rings. The van der Waals surface area contributed by atoms with Crippen LogP contribution < -0.4 is 5.32 Å². The molecule has 1 saturated heterocycles. The van der Waals surface area contributed by atoms with Crippen molar-refractivity contribution in [3.8, 4) is 0 Å². The maximum atomic E-state index is 12.2. The van der Waals surface area contributed by atoms with E-state index in [2.05, 4.69) is 27.7 Å². The lowest BCUT2D eigenvalue weighted by atomic mass is 10.2. The van der Waals surface area contributed by atoms with Crippen molar-refractivity contribution in [1.29, 1.82) is 0 Å². The van der Waals surface area contributed by atoms with Crippen LogP contribution in [0.25, 0.3) is 0 Å². The quantitative estimate of drug-likeness (QED) is 0.821. The highest BCUT2D eigenvalue weighted by Gasteiger charge is 2.26. The third kappa shape index (κ3) is 5.32. The Morgan fingerprint density at radius 3 is 2.65 bits per heavy atom. The fourth-order valence-electron chi connectivity index (χ4n) is 2.89. The minimum absolute atomic E-state index is 0.128. The molecule has 5 nitrogen and oxygen atoms in total. The number of hydrogen-bond acceptors (Lipinski definition) is 4. The van der Waals surface area contributed by atoms with Crippen LogP contribution in [0.4, 0.5) is 0 Å². The monoisotopic (exact) mass is 335 g/mol. The number of nitrogens with zero attached hydrogens (tertiary/aromatic N) is 2. The number of nitrogens with one attached hydrogen (secondary N) is 1. The minimum atomic E-state index is 0.128. The molecule has 1 aliphatic carbocycles. The van der Waals surface area contributed by atoms with Gasteiger partial charge in [0, 0.05) is 43.5 Å². The summed E-state index contributed by atoms with van der Waals surface area (Å²) in [6.07, 6.45) is 4.78. The van der Waals surface area contributed by atoms with E-state index in [4.69, 9.17) is 0 Å². The van der Waals surface area contributed by atoms with Crippen molar-refractivity contribution in [2.24, 2.45) is 0 Å². The molecule has 0 aromatic carbocycles. The lowest BCUT2D eigenvalue weighted by Crippen LogP contribution is -2.51. The van der Waals surface area contributed by atoms with Crippen LogP contribution in [-0.2, 0) is 16.0 Å². The fraction of sp³-hybridized carbons (Fsp3) is 0.647. The number of aryl methyl sites for hydroxylation is 1. The van der Waals surface area contributed by atoms with Crippen LogP contribution in [0.2, 0.25) is 0 Å². The molecule has 1 saturated carbocycles. The Labute approximate surface area is 141 Å². The molecule has 0 bridgehead atoms. The van der Waals surface area contributed by atoms with Crippen LogP contribution in [0.15, 0.2) is 17.5 Å². The van der Waals surface area contributed by atoms with Crippen LogP contribution in [0.1, 0.15) is 30.6 Å². The molecule has 6 heteroatoms.